The first-order chi connectivity index (χ1) is 7.78. The summed E-state index contributed by atoms with van der Waals surface area (Å²) >= 11 is 2.33. The Morgan fingerprint density at radius 2 is 2.24 bits per heavy atom. The number of thiazole rings is 1. The van der Waals surface area contributed by atoms with Crippen LogP contribution in [0.5, 0.6) is 0 Å². The van der Waals surface area contributed by atoms with Crippen LogP contribution >= 0.6 is 23.1 Å². The van der Waals surface area contributed by atoms with Gasteiger partial charge in [0.15, 0.2) is 5.13 Å². The average molecular weight is 285 g/mol. The Labute approximate surface area is 104 Å². The van der Waals surface area contributed by atoms with Crippen molar-refractivity contribution in [2.24, 2.45) is 0 Å². The first-order valence-electron chi connectivity index (χ1n) is 4.47. The zero-order chi connectivity index (χ0) is 13.1. The van der Waals surface area contributed by atoms with E-state index in [0.29, 0.717) is 10.8 Å². The van der Waals surface area contributed by atoms with Crippen LogP contribution in [0.4, 0.5) is 18.3 Å². The fourth-order valence-corrected chi connectivity index (χ4v) is 2.77. The van der Waals surface area contributed by atoms with Gasteiger partial charge in [-0.15, -0.1) is 11.8 Å². The van der Waals surface area contributed by atoms with Crippen molar-refractivity contribution >= 4 is 34.1 Å². The van der Waals surface area contributed by atoms with E-state index in [1.807, 2.05) is 0 Å². The highest BCUT2D eigenvalue weighted by atomic mass is 32.2. The molecule has 96 valence electrons. The number of carbonyl (C=O) groups is 1. The second-order valence-electron chi connectivity index (χ2n) is 3.11. The molecule has 9 heteroatoms. The number of alkyl halides is 3. The minimum atomic E-state index is -4.38. The molecule has 0 bridgehead atoms. The molecule has 0 atom stereocenters. The molecule has 1 aromatic heterocycles. The van der Waals surface area contributed by atoms with Crippen molar-refractivity contribution in [3.63, 3.8) is 0 Å². The fraction of sp³-hybridized carbons (Fsp3) is 0.500. The van der Waals surface area contributed by atoms with Gasteiger partial charge in [0.05, 0.1) is 15.7 Å². The fourth-order valence-electron chi connectivity index (χ4n) is 0.917. The van der Waals surface area contributed by atoms with Gasteiger partial charge in [0.2, 0.25) is 5.91 Å². The van der Waals surface area contributed by atoms with Gasteiger partial charge >= 0.3 is 6.18 Å². The Kier molecular flexibility index (Phi) is 4.63. The van der Waals surface area contributed by atoms with Crippen molar-refractivity contribution in [1.29, 1.82) is 0 Å². The molecular formula is C8H10F3N3OS2. The Hall–Kier alpha value is -0.960. The maximum atomic E-state index is 11.8. The molecule has 1 rings (SSSR count). The van der Waals surface area contributed by atoms with Gasteiger partial charge in [0.25, 0.3) is 0 Å². The number of nitrogens with zero attached hydrogens (tertiary/aromatic N) is 1. The topological polar surface area (TPSA) is 68.0 Å². The monoisotopic (exact) mass is 285 g/mol. The lowest BCUT2D eigenvalue weighted by atomic mass is 10.6. The molecule has 0 aromatic carbocycles. The number of anilines is 1. The number of rotatable bonds is 4. The molecule has 0 saturated heterocycles. The van der Waals surface area contributed by atoms with E-state index in [4.69, 9.17) is 5.73 Å². The predicted octanol–water partition coefficient (Wildman–Crippen LogP) is 1.80. The van der Waals surface area contributed by atoms with E-state index in [2.05, 4.69) is 4.98 Å². The SMILES string of the molecule is Cc1nc(N)sc1SCC(=O)NCC(F)(F)F. The summed E-state index contributed by atoms with van der Waals surface area (Å²) < 4.78 is 36.1. The van der Waals surface area contributed by atoms with Crippen LogP contribution in [0, 0.1) is 6.92 Å². The molecule has 4 nitrogen and oxygen atoms in total. The standard InChI is InChI=1S/C8H10F3N3OS2/c1-4-6(17-7(12)14-4)16-2-5(15)13-3-8(9,10)11/h2-3H2,1H3,(H2,12,14)(H,13,15). The first-order valence-corrected chi connectivity index (χ1v) is 6.27. The van der Waals surface area contributed by atoms with Gasteiger partial charge in [-0.05, 0) is 6.92 Å². The van der Waals surface area contributed by atoms with E-state index in [0.717, 1.165) is 16.0 Å². The number of thioether (sulfide) groups is 1. The van der Waals surface area contributed by atoms with Gasteiger partial charge in [0, 0.05) is 0 Å². The average Bonchev–Trinajstić information content (AvgIpc) is 2.50. The summed E-state index contributed by atoms with van der Waals surface area (Å²) in [4.78, 5) is 15.0. The van der Waals surface area contributed by atoms with Gasteiger partial charge in [-0.1, -0.05) is 11.3 Å². The number of hydrogen-bond donors (Lipinski definition) is 2. The zero-order valence-corrected chi connectivity index (χ0v) is 10.4. The Morgan fingerprint density at radius 3 is 2.71 bits per heavy atom. The van der Waals surface area contributed by atoms with E-state index in [1.54, 1.807) is 12.2 Å². The van der Waals surface area contributed by atoms with E-state index in [1.165, 1.54) is 11.3 Å². The normalized spacial score (nSPS) is 11.5. The van der Waals surface area contributed by atoms with Crippen LogP contribution in [-0.4, -0.2) is 29.4 Å². The maximum Gasteiger partial charge on any atom is 0.405 e. The lowest BCUT2D eigenvalue weighted by molar-refractivity contribution is -0.136. The van der Waals surface area contributed by atoms with Gasteiger partial charge in [-0.2, -0.15) is 13.2 Å². The molecule has 17 heavy (non-hydrogen) atoms. The van der Waals surface area contributed by atoms with Gasteiger partial charge in [0.1, 0.15) is 6.54 Å². The van der Waals surface area contributed by atoms with E-state index in [-0.39, 0.29) is 5.75 Å². The highest BCUT2D eigenvalue weighted by molar-refractivity contribution is 8.01. The first kappa shape index (κ1) is 14.1. The molecule has 0 aliphatic heterocycles. The van der Waals surface area contributed by atoms with Gasteiger partial charge in [-0.25, -0.2) is 4.98 Å². The van der Waals surface area contributed by atoms with Crippen molar-refractivity contribution in [2.45, 2.75) is 17.3 Å². The number of aryl methyl sites for hydroxylation is 1. The minimum absolute atomic E-state index is 0.0848. The van der Waals surface area contributed by atoms with Crippen LogP contribution in [0.25, 0.3) is 0 Å². The summed E-state index contributed by atoms with van der Waals surface area (Å²) in [7, 11) is 0. The minimum Gasteiger partial charge on any atom is -0.375 e. The third kappa shape index (κ3) is 5.26. The number of halogens is 3. The number of amides is 1. The molecule has 0 spiro atoms. The summed E-state index contributed by atoms with van der Waals surface area (Å²) in [5, 5.41) is 2.16. The quantitative estimate of drug-likeness (QED) is 0.828. The van der Waals surface area contributed by atoms with Crippen LogP contribution in [0.3, 0.4) is 0 Å². The number of aromatic nitrogens is 1. The van der Waals surface area contributed by atoms with Crippen LogP contribution in [0.15, 0.2) is 4.21 Å². The lowest BCUT2D eigenvalue weighted by Crippen LogP contribution is -2.34. The van der Waals surface area contributed by atoms with Crippen molar-refractivity contribution < 1.29 is 18.0 Å². The van der Waals surface area contributed by atoms with Gasteiger partial charge < -0.3 is 11.1 Å². The van der Waals surface area contributed by atoms with E-state index >= 15 is 0 Å². The lowest BCUT2D eigenvalue weighted by Gasteiger charge is -2.07. The maximum absolute atomic E-state index is 11.8. The Morgan fingerprint density at radius 1 is 1.59 bits per heavy atom. The van der Waals surface area contributed by atoms with E-state index in [9.17, 15) is 18.0 Å². The molecule has 3 N–H and O–H groups in total. The number of nitrogens with two attached hydrogens (primary N) is 1. The third-order valence-electron chi connectivity index (χ3n) is 1.59. The summed E-state index contributed by atoms with van der Waals surface area (Å²) in [6.45, 7) is 0.416. The van der Waals surface area contributed by atoms with Crippen molar-refractivity contribution in [1.82, 2.24) is 10.3 Å². The summed E-state index contributed by atoms with van der Waals surface area (Å²) in [6, 6.07) is 0. The largest absolute Gasteiger partial charge is 0.405 e. The smallest absolute Gasteiger partial charge is 0.375 e. The molecule has 0 aliphatic carbocycles. The van der Waals surface area contributed by atoms with E-state index < -0.39 is 18.6 Å². The molecule has 0 radical (unpaired) electrons. The summed E-state index contributed by atoms with van der Waals surface area (Å²) in [5.74, 6) is -0.753. The second-order valence-corrected chi connectivity index (χ2v) is 5.38. The van der Waals surface area contributed by atoms with Gasteiger partial charge in [-0.3, -0.25) is 4.79 Å². The predicted molar refractivity (Wildman–Crippen MR) is 61.1 cm³/mol. The number of hydrogen-bond acceptors (Lipinski definition) is 5. The molecular weight excluding hydrogens is 275 g/mol. The molecule has 1 amide bonds. The molecule has 1 heterocycles. The zero-order valence-electron chi connectivity index (χ0n) is 8.80. The van der Waals surface area contributed by atoms with Crippen LogP contribution in [-0.2, 0) is 4.79 Å². The molecule has 0 unspecified atom stereocenters. The second kappa shape index (κ2) is 5.58. The molecule has 1 aromatic rings. The number of nitrogen functional groups attached to an aromatic ring is 1. The highest BCUT2D eigenvalue weighted by Gasteiger charge is 2.27. The van der Waals surface area contributed by atoms with Crippen molar-refractivity contribution in [2.75, 3.05) is 18.0 Å². The number of nitrogens with one attached hydrogen (secondary N) is 1. The Balaban J connectivity index is 2.36. The summed E-state index contributed by atoms with van der Waals surface area (Å²) in [5.41, 5.74) is 6.13. The summed E-state index contributed by atoms with van der Waals surface area (Å²) in [6.07, 6.45) is -4.38. The van der Waals surface area contributed by atoms with Crippen LogP contribution in [0.2, 0.25) is 0 Å². The van der Waals surface area contributed by atoms with Crippen molar-refractivity contribution in [3.05, 3.63) is 5.69 Å². The molecule has 0 fully saturated rings. The van der Waals surface area contributed by atoms with Crippen molar-refractivity contribution in [3.8, 4) is 0 Å². The molecule has 0 saturated carbocycles. The van der Waals surface area contributed by atoms with Crippen LogP contribution in [0.1, 0.15) is 5.69 Å². The molecule has 0 aliphatic rings. The third-order valence-corrected chi connectivity index (χ3v) is 3.94. The highest BCUT2D eigenvalue weighted by Crippen LogP contribution is 2.30. The number of carbonyl (C=O) groups excluding carboxylic acids is 1. The van der Waals surface area contributed by atoms with Crippen LogP contribution < -0.4 is 11.1 Å². The Bertz CT molecular complexity index is 405.